The van der Waals surface area contributed by atoms with E-state index >= 15 is 0 Å². The highest BCUT2D eigenvalue weighted by atomic mass is 32.2. The SMILES string of the molecule is O=C(O)c1ncccc1CSc1nc2ccccc2[nH]1. The van der Waals surface area contributed by atoms with Crippen molar-refractivity contribution in [1.29, 1.82) is 0 Å². The quantitative estimate of drug-likeness (QED) is 0.720. The molecule has 0 saturated heterocycles. The van der Waals surface area contributed by atoms with Crippen LogP contribution in [0.1, 0.15) is 16.1 Å². The summed E-state index contributed by atoms with van der Waals surface area (Å²) in [4.78, 5) is 22.6. The number of H-pyrrole nitrogens is 1. The number of aromatic amines is 1. The number of fused-ring (bicyclic) bond motifs is 1. The molecule has 0 fully saturated rings. The number of nitrogens with zero attached hydrogens (tertiary/aromatic N) is 2. The zero-order valence-corrected chi connectivity index (χ0v) is 11.2. The molecule has 0 radical (unpaired) electrons. The number of para-hydroxylation sites is 2. The monoisotopic (exact) mass is 285 g/mol. The number of hydrogen-bond acceptors (Lipinski definition) is 4. The maximum atomic E-state index is 11.1. The maximum Gasteiger partial charge on any atom is 0.354 e. The number of rotatable bonds is 4. The first-order valence-corrected chi connectivity index (χ1v) is 6.97. The van der Waals surface area contributed by atoms with Gasteiger partial charge in [0, 0.05) is 11.9 Å². The number of hydrogen-bond donors (Lipinski definition) is 2. The minimum atomic E-state index is -1.01. The molecule has 2 aromatic heterocycles. The molecule has 1 aromatic carbocycles. The standard InChI is InChI=1S/C14H11N3O2S/c18-13(19)12-9(4-3-7-15-12)8-20-14-16-10-5-1-2-6-11(10)17-14/h1-7H,8H2,(H,16,17)(H,18,19). The van der Waals surface area contributed by atoms with E-state index in [4.69, 9.17) is 5.11 Å². The summed E-state index contributed by atoms with van der Waals surface area (Å²) >= 11 is 1.46. The number of nitrogens with one attached hydrogen (secondary N) is 1. The number of thioether (sulfide) groups is 1. The van der Waals surface area contributed by atoms with Gasteiger partial charge in [0.25, 0.3) is 0 Å². The Morgan fingerprint density at radius 3 is 2.90 bits per heavy atom. The average Bonchev–Trinajstić information content (AvgIpc) is 2.88. The fraction of sp³-hybridized carbons (Fsp3) is 0.0714. The van der Waals surface area contributed by atoms with Gasteiger partial charge < -0.3 is 10.1 Å². The Kier molecular flexibility index (Phi) is 3.39. The van der Waals surface area contributed by atoms with Crippen LogP contribution in [0.25, 0.3) is 11.0 Å². The highest BCUT2D eigenvalue weighted by Gasteiger charge is 2.12. The summed E-state index contributed by atoms with van der Waals surface area (Å²) in [5.74, 6) is -0.499. The highest BCUT2D eigenvalue weighted by Crippen LogP contribution is 2.23. The van der Waals surface area contributed by atoms with E-state index in [0.717, 1.165) is 16.2 Å². The number of benzene rings is 1. The van der Waals surface area contributed by atoms with Crippen molar-refractivity contribution in [2.75, 3.05) is 0 Å². The van der Waals surface area contributed by atoms with Crippen molar-refractivity contribution in [3.8, 4) is 0 Å². The Bertz CT molecular complexity index is 737. The van der Waals surface area contributed by atoms with Crippen LogP contribution in [-0.4, -0.2) is 26.0 Å². The molecule has 0 aliphatic rings. The number of carbonyl (C=O) groups is 1. The van der Waals surface area contributed by atoms with Gasteiger partial charge in [0.05, 0.1) is 11.0 Å². The van der Waals surface area contributed by atoms with Crippen molar-refractivity contribution in [1.82, 2.24) is 15.0 Å². The molecular weight excluding hydrogens is 274 g/mol. The molecule has 0 atom stereocenters. The second-order valence-electron chi connectivity index (χ2n) is 4.16. The first-order valence-electron chi connectivity index (χ1n) is 5.99. The largest absolute Gasteiger partial charge is 0.477 e. The van der Waals surface area contributed by atoms with Crippen LogP contribution in [0.15, 0.2) is 47.8 Å². The molecule has 3 rings (SSSR count). The van der Waals surface area contributed by atoms with Crippen LogP contribution in [-0.2, 0) is 5.75 Å². The lowest BCUT2D eigenvalue weighted by molar-refractivity contribution is 0.0689. The second kappa shape index (κ2) is 5.34. The van der Waals surface area contributed by atoms with Crippen molar-refractivity contribution in [2.24, 2.45) is 0 Å². The van der Waals surface area contributed by atoms with Crippen LogP contribution >= 0.6 is 11.8 Å². The summed E-state index contributed by atoms with van der Waals surface area (Å²) in [6.07, 6.45) is 1.48. The van der Waals surface area contributed by atoms with Crippen LogP contribution in [0.4, 0.5) is 0 Å². The fourth-order valence-corrected chi connectivity index (χ4v) is 2.76. The molecule has 0 spiro atoms. The summed E-state index contributed by atoms with van der Waals surface area (Å²) in [5, 5.41) is 9.85. The normalized spacial score (nSPS) is 10.8. The van der Waals surface area contributed by atoms with Gasteiger partial charge in [0.2, 0.25) is 0 Å². The number of imidazole rings is 1. The number of aromatic carboxylic acids is 1. The van der Waals surface area contributed by atoms with Crippen molar-refractivity contribution in [3.05, 3.63) is 53.9 Å². The summed E-state index contributed by atoms with van der Waals surface area (Å²) in [6, 6.07) is 11.3. The molecule has 5 nitrogen and oxygen atoms in total. The summed E-state index contributed by atoms with van der Waals surface area (Å²) in [5.41, 5.74) is 2.65. The van der Waals surface area contributed by atoms with Gasteiger partial charge in [0.15, 0.2) is 10.9 Å². The highest BCUT2D eigenvalue weighted by molar-refractivity contribution is 7.98. The van der Waals surface area contributed by atoms with Gasteiger partial charge in [-0.05, 0) is 23.8 Å². The lowest BCUT2D eigenvalue weighted by Gasteiger charge is -2.02. The van der Waals surface area contributed by atoms with E-state index < -0.39 is 5.97 Å². The van der Waals surface area contributed by atoms with Crippen molar-refractivity contribution in [2.45, 2.75) is 10.9 Å². The first-order chi connectivity index (χ1) is 9.74. The van der Waals surface area contributed by atoms with Gasteiger partial charge >= 0.3 is 5.97 Å². The Hall–Kier alpha value is -2.34. The van der Waals surface area contributed by atoms with Gasteiger partial charge in [-0.3, -0.25) is 0 Å². The van der Waals surface area contributed by atoms with E-state index in [9.17, 15) is 4.79 Å². The van der Waals surface area contributed by atoms with Crippen molar-refractivity contribution >= 4 is 28.8 Å². The number of carboxylic acids is 1. The Labute approximate surface area is 119 Å². The molecule has 100 valence electrons. The maximum absolute atomic E-state index is 11.1. The van der Waals surface area contributed by atoms with E-state index in [1.165, 1.54) is 18.0 Å². The molecule has 0 amide bonds. The average molecular weight is 285 g/mol. The molecule has 20 heavy (non-hydrogen) atoms. The first kappa shape index (κ1) is 12.7. The van der Waals surface area contributed by atoms with Crippen LogP contribution in [0, 0.1) is 0 Å². The van der Waals surface area contributed by atoms with Gasteiger partial charge in [-0.2, -0.15) is 0 Å². The van der Waals surface area contributed by atoms with E-state index in [1.54, 1.807) is 12.1 Å². The van der Waals surface area contributed by atoms with Gasteiger partial charge in [0.1, 0.15) is 0 Å². The molecule has 2 N–H and O–H groups in total. The topological polar surface area (TPSA) is 78.9 Å². The lowest BCUT2D eigenvalue weighted by atomic mass is 10.2. The van der Waals surface area contributed by atoms with E-state index in [0.29, 0.717) is 11.3 Å². The van der Waals surface area contributed by atoms with Gasteiger partial charge in [-0.25, -0.2) is 14.8 Å². The van der Waals surface area contributed by atoms with Crippen LogP contribution < -0.4 is 0 Å². The Balaban J connectivity index is 1.81. The zero-order valence-electron chi connectivity index (χ0n) is 10.4. The predicted octanol–water partition coefficient (Wildman–Crippen LogP) is 2.95. The smallest absolute Gasteiger partial charge is 0.354 e. The molecule has 0 aliphatic heterocycles. The molecular formula is C14H11N3O2S. The third-order valence-corrected chi connectivity index (χ3v) is 3.75. The number of pyridine rings is 1. The molecule has 0 saturated carbocycles. The summed E-state index contributed by atoms with van der Waals surface area (Å²) in [7, 11) is 0. The minimum absolute atomic E-state index is 0.0936. The molecule has 2 heterocycles. The zero-order chi connectivity index (χ0) is 13.9. The number of aromatic nitrogens is 3. The van der Waals surface area contributed by atoms with E-state index in [-0.39, 0.29) is 5.69 Å². The number of carboxylic acid groups (broad SMARTS) is 1. The fourth-order valence-electron chi connectivity index (χ4n) is 1.89. The van der Waals surface area contributed by atoms with Gasteiger partial charge in [-0.15, -0.1) is 0 Å². The van der Waals surface area contributed by atoms with Crippen molar-refractivity contribution < 1.29 is 9.90 Å². The molecule has 6 heteroatoms. The van der Waals surface area contributed by atoms with E-state index in [1.807, 2.05) is 24.3 Å². The van der Waals surface area contributed by atoms with Crippen molar-refractivity contribution in [3.63, 3.8) is 0 Å². The van der Waals surface area contributed by atoms with E-state index in [2.05, 4.69) is 15.0 Å². The minimum Gasteiger partial charge on any atom is -0.477 e. The summed E-state index contributed by atoms with van der Waals surface area (Å²) in [6.45, 7) is 0. The third-order valence-electron chi connectivity index (χ3n) is 2.83. The van der Waals surface area contributed by atoms with Crippen LogP contribution in [0.2, 0.25) is 0 Å². The summed E-state index contributed by atoms with van der Waals surface area (Å²) < 4.78 is 0. The molecule has 0 unspecified atom stereocenters. The molecule has 3 aromatic rings. The second-order valence-corrected chi connectivity index (χ2v) is 5.13. The predicted molar refractivity (Wildman–Crippen MR) is 76.9 cm³/mol. The Morgan fingerprint density at radius 2 is 2.10 bits per heavy atom. The molecule has 0 bridgehead atoms. The van der Waals surface area contributed by atoms with Crippen LogP contribution in [0.5, 0.6) is 0 Å². The van der Waals surface area contributed by atoms with Crippen LogP contribution in [0.3, 0.4) is 0 Å². The third kappa shape index (κ3) is 2.50. The van der Waals surface area contributed by atoms with Gasteiger partial charge in [-0.1, -0.05) is 30.0 Å². The Morgan fingerprint density at radius 1 is 1.25 bits per heavy atom. The lowest BCUT2D eigenvalue weighted by Crippen LogP contribution is -2.04. The molecule has 0 aliphatic carbocycles.